The fourth-order valence-electron chi connectivity index (χ4n) is 1.55. The van der Waals surface area contributed by atoms with Gasteiger partial charge in [-0.05, 0) is 36.6 Å². The molecule has 0 amide bonds. The number of halogens is 1. The number of aliphatic hydroxyl groups is 1. The van der Waals surface area contributed by atoms with Crippen LogP contribution in [0.5, 0.6) is 0 Å². The van der Waals surface area contributed by atoms with Crippen molar-refractivity contribution in [3.8, 4) is 0 Å². The Morgan fingerprint density at radius 3 is 2.88 bits per heavy atom. The number of aliphatic hydroxyl groups excluding tert-OH is 1. The molecule has 17 heavy (non-hydrogen) atoms. The summed E-state index contributed by atoms with van der Waals surface area (Å²) in [5, 5.41) is 17.5. The maximum absolute atomic E-state index is 10.1. The molecule has 6 heteroatoms. The van der Waals surface area contributed by atoms with E-state index in [1.807, 2.05) is 25.7 Å². The number of likely N-dealkylation sites (N-methyl/N-ethyl adjacent to an activating group) is 2. The van der Waals surface area contributed by atoms with Crippen LogP contribution in [-0.4, -0.2) is 53.5 Å². The molecule has 1 rings (SSSR count). The predicted octanol–water partition coefficient (Wildman–Crippen LogP) is 0.850. The molecule has 0 aromatic carbocycles. The van der Waals surface area contributed by atoms with E-state index in [4.69, 9.17) is 0 Å². The van der Waals surface area contributed by atoms with E-state index in [1.54, 1.807) is 6.20 Å². The molecule has 98 valence electrons. The lowest BCUT2D eigenvalue weighted by atomic mass is 10.2. The minimum atomic E-state index is -0.533. The second-order valence-corrected chi connectivity index (χ2v) is 5.08. The summed E-state index contributed by atoms with van der Waals surface area (Å²) in [5.41, 5.74) is 0.841. The van der Waals surface area contributed by atoms with Crippen molar-refractivity contribution in [2.24, 2.45) is 0 Å². The van der Waals surface area contributed by atoms with Gasteiger partial charge < -0.3 is 15.3 Å². The van der Waals surface area contributed by atoms with Crippen LogP contribution in [0.3, 0.4) is 0 Å². The number of nitrogens with zero attached hydrogens (tertiary/aromatic N) is 3. The molecule has 1 heterocycles. The Bertz CT molecular complexity index is 340. The summed E-state index contributed by atoms with van der Waals surface area (Å²) < 4.78 is 2.72. The zero-order valence-corrected chi connectivity index (χ0v) is 12.2. The Morgan fingerprint density at radius 2 is 2.29 bits per heavy atom. The minimum absolute atomic E-state index is 0.533. The van der Waals surface area contributed by atoms with E-state index in [9.17, 15) is 5.11 Å². The van der Waals surface area contributed by atoms with Crippen molar-refractivity contribution in [2.45, 2.75) is 19.6 Å². The number of aromatic nitrogens is 2. The average molecular weight is 305 g/mol. The summed E-state index contributed by atoms with van der Waals surface area (Å²) >= 11 is 3.43. The molecule has 0 bridgehead atoms. The second kappa shape index (κ2) is 7.10. The predicted molar refractivity (Wildman–Crippen MR) is 72.0 cm³/mol. The van der Waals surface area contributed by atoms with Crippen molar-refractivity contribution >= 4 is 15.9 Å². The first-order valence-corrected chi connectivity index (χ1v) is 6.60. The number of hydrogen-bond acceptors (Lipinski definition) is 4. The maximum atomic E-state index is 10.1. The highest BCUT2D eigenvalue weighted by Crippen LogP contribution is 2.22. The van der Waals surface area contributed by atoms with Crippen LogP contribution in [0.25, 0.3) is 0 Å². The molecule has 0 aliphatic rings. The summed E-state index contributed by atoms with van der Waals surface area (Å²) in [6.07, 6.45) is 1.20. The molecule has 2 N–H and O–H groups in total. The summed E-state index contributed by atoms with van der Waals surface area (Å²) in [4.78, 5) is 2.09. The Labute approximate surface area is 111 Å². The Morgan fingerprint density at radius 1 is 1.59 bits per heavy atom. The van der Waals surface area contributed by atoms with Crippen molar-refractivity contribution in [3.05, 3.63) is 16.4 Å². The fraction of sp³-hybridized carbons (Fsp3) is 0.727. The van der Waals surface area contributed by atoms with Crippen LogP contribution in [-0.2, 0) is 6.54 Å². The highest BCUT2D eigenvalue weighted by Gasteiger charge is 2.17. The normalized spacial score (nSPS) is 13.3. The van der Waals surface area contributed by atoms with Gasteiger partial charge in [0.15, 0.2) is 0 Å². The van der Waals surface area contributed by atoms with Crippen LogP contribution >= 0.6 is 15.9 Å². The van der Waals surface area contributed by atoms with E-state index in [-0.39, 0.29) is 0 Å². The highest BCUT2D eigenvalue weighted by atomic mass is 79.9. The molecule has 0 spiro atoms. The third-order valence-corrected chi connectivity index (χ3v) is 3.11. The van der Waals surface area contributed by atoms with Crippen LogP contribution < -0.4 is 5.32 Å². The van der Waals surface area contributed by atoms with Crippen LogP contribution in [0.15, 0.2) is 10.7 Å². The zero-order chi connectivity index (χ0) is 12.8. The van der Waals surface area contributed by atoms with Crippen molar-refractivity contribution in [2.75, 3.05) is 33.7 Å². The molecule has 1 atom stereocenters. The smallest absolute Gasteiger partial charge is 0.109 e. The molecular weight excluding hydrogens is 284 g/mol. The molecule has 0 saturated carbocycles. The zero-order valence-electron chi connectivity index (χ0n) is 10.6. The number of hydrogen-bond donors (Lipinski definition) is 2. The van der Waals surface area contributed by atoms with Gasteiger partial charge in [-0.15, -0.1) is 0 Å². The van der Waals surface area contributed by atoms with E-state index < -0.39 is 6.10 Å². The van der Waals surface area contributed by atoms with E-state index in [0.29, 0.717) is 6.54 Å². The Balaban J connectivity index is 2.71. The van der Waals surface area contributed by atoms with Crippen LogP contribution in [0.4, 0.5) is 0 Å². The van der Waals surface area contributed by atoms with Gasteiger partial charge in [0.2, 0.25) is 0 Å². The third kappa shape index (κ3) is 4.39. The van der Waals surface area contributed by atoms with E-state index in [0.717, 1.165) is 29.8 Å². The summed E-state index contributed by atoms with van der Waals surface area (Å²) in [7, 11) is 4.04. The first kappa shape index (κ1) is 14.6. The Hall–Kier alpha value is -0.430. The van der Waals surface area contributed by atoms with Crippen molar-refractivity contribution in [3.63, 3.8) is 0 Å². The quantitative estimate of drug-likeness (QED) is 0.784. The van der Waals surface area contributed by atoms with Gasteiger partial charge in [0, 0.05) is 13.1 Å². The Kier molecular flexibility index (Phi) is 6.11. The molecule has 1 unspecified atom stereocenters. The van der Waals surface area contributed by atoms with Crippen molar-refractivity contribution in [1.29, 1.82) is 0 Å². The second-order valence-electron chi connectivity index (χ2n) is 4.23. The third-order valence-electron chi connectivity index (χ3n) is 2.50. The lowest BCUT2D eigenvalue weighted by molar-refractivity contribution is 0.162. The number of nitrogens with one attached hydrogen (secondary N) is 1. The van der Waals surface area contributed by atoms with Gasteiger partial charge in [-0.1, -0.05) is 6.92 Å². The molecule has 1 aromatic heterocycles. The highest BCUT2D eigenvalue weighted by molar-refractivity contribution is 9.10. The topological polar surface area (TPSA) is 53.3 Å². The van der Waals surface area contributed by atoms with Crippen molar-refractivity contribution in [1.82, 2.24) is 20.0 Å². The molecule has 5 nitrogen and oxygen atoms in total. The largest absolute Gasteiger partial charge is 0.385 e. The molecule has 0 aliphatic heterocycles. The van der Waals surface area contributed by atoms with Gasteiger partial charge in [-0.2, -0.15) is 5.10 Å². The summed E-state index contributed by atoms with van der Waals surface area (Å²) in [5.74, 6) is 0. The van der Waals surface area contributed by atoms with E-state index >= 15 is 0 Å². The van der Waals surface area contributed by atoms with Gasteiger partial charge in [0.25, 0.3) is 0 Å². The molecular formula is C11H21BrN4O. The van der Waals surface area contributed by atoms with Crippen molar-refractivity contribution < 1.29 is 5.11 Å². The lowest BCUT2D eigenvalue weighted by Crippen LogP contribution is -2.25. The van der Waals surface area contributed by atoms with Gasteiger partial charge >= 0.3 is 0 Å². The van der Waals surface area contributed by atoms with Gasteiger partial charge in [0.1, 0.15) is 6.10 Å². The van der Waals surface area contributed by atoms with Gasteiger partial charge in [-0.3, -0.25) is 4.68 Å². The molecule has 0 radical (unpaired) electrons. The SMILES string of the molecule is CCNCC(O)c1c(Br)cnn1CCN(C)C. The standard InChI is InChI=1S/C11H21BrN4O/c1-4-13-8-10(17)11-9(12)7-14-16(11)6-5-15(2)3/h7,10,13,17H,4-6,8H2,1-3H3. The van der Waals surface area contributed by atoms with Crippen LogP contribution in [0.1, 0.15) is 18.7 Å². The monoisotopic (exact) mass is 304 g/mol. The van der Waals surface area contributed by atoms with Crippen LogP contribution in [0.2, 0.25) is 0 Å². The lowest BCUT2D eigenvalue weighted by Gasteiger charge is -2.16. The fourth-order valence-corrected chi connectivity index (χ4v) is 2.11. The molecule has 0 aliphatic carbocycles. The van der Waals surface area contributed by atoms with E-state index in [1.165, 1.54) is 0 Å². The molecule has 0 saturated heterocycles. The minimum Gasteiger partial charge on any atom is -0.385 e. The van der Waals surface area contributed by atoms with Crippen LogP contribution in [0, 0.1) is 0 Å². The number of rotatable bonds is 7. The maximum Gasteiger partial charge on any atom is 0.109 e. The first-order valence-electron chi connectivity index (χ1n) is 5.81. The van der Waals surface area contributed by atoms with Gasteiger partial charge in [-0.25, -0.2) is 0 Å². The van der Waals surface area contributed by atoms with E-state index in [2.05, 4.69) is 31.2 Å². The molecule has 1 aromatic rings. The average Bonchev–Trinajstić information content (AvgIpc) is 2.64. The first-order chi connectivity index (χ1) is 8.06. The summed E-state index contributed by atoms with van der Waals surface area (Å²) in [6.45, 7) is 5.08. The molecule has 0 fully saturated rings. The van der Waals surface area contributed by atoms with Gasteiger partial charge in [0.05, 0.1) is 22.9 Å². The summed E-state index contributed by atoms with van der Waals surface area (Å²) in [6, 6.07) is 0.